The third-order valence-corrected chi connectivity index (χ3v) is 5.08. The molecule has 1 heterocycles. The van der Waals surface area contributed by atoms with E-state index in [1.165, 1.54) is 0 Å². The molecule has 1 atom stereocenters. The first-order valence-corrected chi connectivity index (χ1v) is 9.89. The van der Waals surface area contributed by atoms with Gasteiger partial charge in [0.05, 0.1) is 11.3 Å². The Bertz CT molecular complexity index is 857. The number of hydrogen-bond acceptors (Lipinski definition) is 3. The lowest BCUT2D eigenvalue weighted by Gasteiger charge is -2.27. The van der Waals surface area contributed by atoms with Crippen molar-refractivity contribution in [3.05, 3.63) is 59.2 Å². The second-order valence-electron chi connectivity index (χ2n) is 7.42. The summed E-state index contributed by atoms with van der Waals surface area (Å²) in [6, 6.07) is 13.1. The number of likely N-dealkylation sites (tertiary alicyclic amines) is 1. The van der Waals surface area contributed by atoms with E-state index in [4.69, 9.17) is 4.74 Å². The summed E-state index contributed by atoms with van der Waals surface area (Å²) < 4.78 is 5.87. The van der Waals surface area contributed by atoms with Gasteiger partial charge in [0, 0.05) is 13.1 Å². The van der Waals surface area contributed by atoms with Crippen molar-refractivity contribution < 1.29 is 14.3 Å². The van der Waals surface area contributed by atoms with Gasteiger partial charge in [-0.1, -0.05) is 24.3 Å². The van der Waals surface area contributed by atoms with Crippen molar-refractivity contribution in [3.8, 4) is 5.75 Å². The van der Waals surface area contributed by atoms with E-state index in [-0.39, 0.29) is 11.8 Å². The van der Waals surface area contributed by atoms with Crippen LogP contribution in [0.15, 0.2) is 42.5 Å². The average Bonchev–Trinajstić information content (AvgIpc) is 2.71. The monoisotopic (exact) mass is 380 g/mol. The maximum absolute atomic E-state index is 12.9. The Hall–Kier alpha value is -2.82. The fourth-order valence-corrected chi connectivity index (χ4v) is 3.36. The molecule has 28 heavy (non-hydrogen) atoms. The minimum Gasteiger partial charge on any atom is -0.481 e. The van der Waals surface area contributed by atoms with Gasteiger partial charge in [-0.15, -0.1) is 0 Å². The Morgan fingerprint density at radius 3 is 2.50 bits per heavy atom. The SMILES string of the molecule is Cc1ccc(C)c(O[C@H](C)C(=O)Nc2ccccc2C(=O)N2CCCCC2)c1. The van der Waals surface area contributed by atoms with E-state index >= 15 is 0 Å². The number of amides is 2. The van der Waals surface area contributed by atoms with Gasteiger partial charge in [0.15, 0.2) is 6.10 Å². The van der Waals surface area contributed by atoms with Crippen LogP contribution in [0.5, 0.6) is 5.75 Å². The molecule has 148 valence electrons. The number of rotatable bonds is 5. The van der Waals surface area contributed by atoms with Crippen LogP contribution in [0.1, 0.15) is 47.7 Å². The molecule has 0 saturated carbocycles. The maximum atomic E-state index is 12.9. The fraction of sp³-hybridized carbons (Fsp3) is 0.391. The van der Waals surface area contributed by atoms with Crippen molar-refractivity contribution in [1.82, 2.24) is 4.90 Å². The second-order valence-corrected chi connectivity index (χ2v) is 7.42. The van der Waals surface area contributed by atoms with Crippen LogP contribution in [-0.4, -0.2) is 35.9 Å². The number of hydrogen-bond donors (Lipinski definition) is 1. The van der Waals surface area contributed by atoms with Crippen molar-refractivity contribution in [2.24, 2.45) is 0 Å². The minimum atomic E-state index is -0.682. The molecule has 1 aliphatic rings. The number of aryl methyl sites for hydroxylation is 2. The van der Waals surface area contributed by atoms with Gasteiger partial charge < -0.3 is 15.0 Å². The van der Waals surface area contributed by atoms with Crippen LogP contribution in [0.3, 0.4) is 0 Å². The van der Waals surface area contributed by atoms with Crippen molar-refractivity contribution >= 4 is 17.5 Å². The Kier molecular flexibility index (Phi) is 6.34. The number of carbonyl (C=O) groups excluding carboxylic acids is 2. The number of anilines is 1. The molecule has 0 unspecified atom stereocenters. The van der Waals surface area contributed by atoms with Crippen LogP contribution in [0.4, 0.5) is 5.69 Å². The van der Waals surface area contributed by atoms with Crippen LogP contribution in [-0.2, 0) is 4.79 Å². The van der Waals surface area contributed by atoms with Crippen molar-refractivity contribution in [1.29, 1.82) is 0 Å². The van der Waals surface area contributed by atoms with Gasteiger partial charge >= 0.3 is 0 Å². The van der Waals surface area contributed by atoms with Gasteiger partial charge in [0.1, 0.15) is 5.75 Å². The van der Waals surface area contributed by atoms with E-state index in [1.54, 1.807) is 19.1 Å². The molecule has 1 fully saturated rings. The largest absolute Gasteiger partial charge is 0.481 e. The van der Waals surface area contributed by atoms with Gasteiger partial charge in [-0.05, 0) is 69.4 Å². The summed E-state index contributed by atoms with van der Waals surface area (Å²) in [5.41, 5.74) is 3.10. The highest BCUT2D eigenvalue weighted by atomic mass is 16.5. The Morgan fingerprint density at radius 2 is 1.75 bits per heavy atom. The number of carbonyl (C=O) groups is 2. The predicted molar refractivity (Wildman–Crippen MR) is 111 cm³/mol. The highest BCUT2D eigenvalue weighted by Crippen LogP contribution is 2.23. The molecule has 2 amide bonds. The minimum absolute atomic E-state index is 0.0290. The van der Waals surface area contributed by atoms with Gasteiger partial charge in [-0.2, -0.15) is 0 Å². The van der Waals surface area contributed by atoms with Gasteiger partial charge in [0.25, 0.3) is 11.8 Å². The molecule has 1 saturated heterocycles. The first-order valence-electron chi connectivity index (χ1n) is 9.89. The molecule has 1 N–H and O–H groups in total. The zero-order chi connectivity index (χ0) is 20.1. The first kappa shape index (κ1) is 19.9. The van der Waals surface area contributed by atoms with Crippen molar-refractivity contribution in [3.63, 3.8) is 0 Å². The molecule has 5 heteroatoms. The lowest BCUT2D eigenvalue weighted by atomic mass is 10.1. The summed E-state index contributed by atoms with van der Waals surface area (Å²) in [7, 11) is 0. The highest BCUT2D eigenvalue weighted by Gasteiger charge is 2.23. The lowest BCUT2D eigenvalue weighted by Crippen LogP contribution is -2.36. The number of nitrogens with one attached hydrogen (secondary N) is 1. The third kappa shape index (κ3) is 4.71. The Morgan fingerprint density at radius 1 is 1.04 bits per heavy atom. The topological polar surface area (TPSA) is 58.6 Å². The van der Waals surface area contributed by atoms with Crippen LogP contribution >= 0.6 is 0 Å². The molecule has 0 aliphatic carbocycles. The summed E-state index contributed by atoms with van der Waals surface area (Å²) in [5.74, 6) is 0.388. The number of para-hydroxylation sites is 1. The van der Waals surface area contributed by atoms with Gasteiger partial charge in [0.2, 0.25) is 0 Å². The number of nitrogens with zero attached hydrogens (tertiary/aromatic N) is 1. The quantitative estimate of drug-likeness (QED) is 0.840. The van der Waals surface area contributed by atoms with Crippen LogP contribution < -0.4 is 10.1 Å². The summed E-state index contributed by atoms with van der Waals surface area (Å²) in [6.45, 7) is 7.19. The van der Waals surface area contributed by atoms with Gasteiger partial charge in [-0.3, -0.25) is 9.59 Å². The summed E-state index contributed by atoms with van der Waals surface area (Å²) in [5, 5.41) is 2.87. The Balaban J connectivity index is 1.71. The van der Waals surface area contributed by atoms with E-state index in [0.717, 1.165) is 43.5 Å². The maximum Gasteiger partial charge on any atom is 0.265 e. The Labute approximate surface area is 166 Å². The number of ether oxygens (including phenoxy) is 1. The molecule has 2 aromatic rings. The van der Waals surface area contributed by atoms with E-state index in [2.05, 4.69) is 5.32 Å². The molecule has 0 radical (unpaired) electrons. The highest BCUT2D eigenvalue weighted by molar-refractivity contribution is 6.04. The molecular weight excluding hydrogens is 352 g/mol. The van der Waals surface area contributed by atoms with Crippen molar-refractivity contribution in [2.45, 2.75) is 46.1 Å². The van der Waals surface area contributed by atoms with E-state index in [0.29, 0.717) is 17.0 Å². The summed E-state index contributed by atoms with van der Waals surface area (Å²) >= 11 is 0. The zero-order valence-corrected chi connectivity index (χ0v) is 16.8. The van der Waals surface area contributed by atoms with Crippen LogP contribution in [0.2, 0.25) is 0 Å². The lowest BCUT2D eigenvalue weighted by molar-refractivity contribution is -0.122. The molecule has 2 aromatic carbocycles. The zero-order valence-electron chi connectivity index (χ0n) is 16.8. The fourth-order valence-electron chi connectivity index (χ4n) is 3.36. The van der Waals surface area contributed by atoms with Crippen molar-refractivity contribution in [2.75, 3.05) is 18.4 Å². The molecule has 1 aliphatic heterocycles. The van der Waals surface area contributed by atoms with Crippen LogP contribution in [0, 0.1) is 13.8 Å². The molecule has 0 aromatic heterocycles. The molecular formula is C23H28N2O3. The smallest absolute Gasteiger partial charge is 0.265 e. The number of benzene rings is 2. The van der Waals surface area contributed by atoms with E-state index < -0.39 is 6.10 Å². The van der Waals surface area contributed by atoms with Gasteiger partial charge in [-0.25, -0.2) is 0 Å². The van der Waals surface area contributed by atoms with E-state index in [9.17, 15) is 9.59 Å². The number of piperidine rings is 1. The molecule has 5 nitrogen and oxygen atoms in total. The summed E-state index contributed by atoms with van der Waals surface area (Å²) in [6.07, 6.45) is 2.54. The standard InChI is InChI=1S/C23H28N2O3/c1-16-11-12-17(2)21(15-16)28-18(3)22(26)24-20-10-6-5-9-19(20)23(27)25-13-7-4-8-14-25/h5-6,9-12,15,18H,4,7-8,13-14H2,1-3H3,(H,24,26)/t18-/m1/s1. The molecule has 0 spiro atoms. The first-order chi connectivity index (χ1) is 13.5. The second kappa shape index (κ2) is 8.91. The predicted octanol–water partition coefficient (Wildman–Crippen LogP) is 4.34. The third-order valence-electron chi connectivity index (χ3n) is 5.08. The molecule has 0 bridgehead atoms. The van der Waals surface area contributed by atoms with E-state index in [1.807, 2.05) is 49.1 Å². The normalized spacial score (nSPS) is 15.0. The summed E-state index contributed by atoms with van der Waals surface area (Å²) in [4.78, 5) is 27.5. The average molecular weight is 380 g/mol. The molecule has 3 rings (SSSR count). The van der Waals surface area contributed by atoms with Crippen LogP contribution in [0.25, 0.3) is 0 Å².